The summed E-state index contributed by atoms with van der Waals surface area (Å²) in [5.74, 6) is 0.0257. The monoisotopic (exact) mass is 295 g/mol. The first-order valence-corrected chi connectivity index (χ1v) is 6.63. The van der Waals surface area contributed by atoms with Crippen LogP contribution < -0.4 is 11.3 Å². The summed E-state index contributed by atoms with van der Waals surface area (Å²) >= 11 is 0. The van der Waals surface area contributed by atoms with Crippen LogP contribution in [0.25, 0.3) is 5.57 Å². The molecule has 1 aromatic rings. The fourth-order valence-corrected chi connectivity index (χ4v) is 2.90. The predicted octanol–water partition coefficient (Wildman–Crippen LogP) is -1.57. The molecule has 4 atom stereocenters. The molecule has 1 aromatic heterocycles. The minimum atomic E-state index is -0.950. The van der Waals surface area contributed by atoms with Crippen LogP contribution in [0.15, 0.2) is 10.9 Å². The molecule has 0 aromatic carbocycles. The molecule has 0 radical (unpaired) electrons. The van der Waals surface area contributed by atoms with Crippen molar-refractivity contribution in [2.75, 3.05) is 19.5 Å². The van der Waals surface area contributed by atoms with Gasteiger partial charge >= 0.3 is 0 Å². The summed E-state index contributed by atoms with van der Waals surface area (Å²) in [4.78, 5) is 18.5. The van der Waals surface area contributed by atoms with Crippen molar-refractivity contribution in [1.29, 1.82) is 0 Å². The smallest absolute Gasteiger partial charge is 0.256 e. The van der Waals surface area contributed by atoms with Crippen molar-refractivity contribution in [1.82, 2.24) is 9.97 Å². The highest BCUT2D eigenvalue weighted by molar-refractivity contribution is 5.74. The zero-order chi connectivity index (χ0) is 15.1. The Morgan fingerprint density at radius 2 is 2.38 bits per heavy atom. The maximum Gasteiger partial charge on any atom is 0.256 e. The van der Waals surface area contributed by atoms with Crippen molar-refractivity contribution < 1.29 is 19.7 Å². The first kappa shape index (κ1) is 14.2. The SMILES string of the molecule is CO[C@@H]1[C@H](O)[C@@H](CO)O[C@H]1C1=CCc2c1nc(N)[nH]c2=O. The van der Waals surface area contributed by atoms with Gasteiger partial charge in [0.2, 0.25) is 5.95 Å². The predicted molar refractivity (Wildman–Crippen MR) is 73.5 cm³/mol. The third kappa shape index (κ3) is 2.16. The van der Waals surface area contributed by atoms with E-state index in [1.807, 2.05) is 6.08 Å². The number of nitrogens with one attached hydrogen (secondary N) is 1. The van der Waals surface area contributed by atoms with Crippen LogP contribution in [0.5, 0.6) is 0 Å². The summed E-state index contributed by atoms with van der Waals surface area (Å²) in [6, 6.07) is 0. The van der Waals surface area contributed by atoms with Crippen LogP contribution in [0, 0.1) is 0 Å². The van der Waals surface area contributed by atoms with Crippen molar-refractivity contribution in [2.24, 2.45) is 0 Å². The molecule has 1 saturated heterocycles. The van der Waals surface area contributed by atoms with Gasteiger partial charge in [-0.3, -0.25) is 9.78 Å². The largest absolute Gasteiger partial charge is 0.394 e. The Morgan fingerprint density at radius 3 is 3.05 bits per heavy atom. The van der Waals surface area contributed by atoms with Gasteiger partial charge in [0.15, 0.2) is 0 Å². The third-order valence-corrected chi connectivity index (χ3v) is 3.93. The minimum Gasteiger partial charge on any atom is -0.394 e. The standard InChI is InChI=1S/C13H17N3O5/c1-20-11-9(18)7(4-17)21-10(11)5-2-3-6-8(5)15-13(14)16-12(6)19/h2,7,9-11,17-18H,3-4H2,1H3,(H3,14,15,16,19)/t7-,9-,10+,11-/m1/s1. The number of anilines is 1. The molecule has 3 rings (SSSR count). The van der Waals surface area contributed by atoms with Gasteiger partial charge in [-0.05, 0) is 6.42 Å². The van der Waals surface area contributed by atoms with Crippen molar-refractivity contribution in [3.05, 3.63) is 27.7 Å². The molecule has 0 amide bonds. The van der Waals surface area contributed by atoms with Gasteiger partial charge < -0.3 is 25.4 Å². The Labute approximate surface area is 120 Å². The van der Waals surface area contributed by atoms with E-state index in [1.54, 1.807) is 0 Å². The number of H-pyrrole nitrogens is 1. The van der Waals surface area contributed by atoms with Crippen LogP contribution in [0.2, 0.25) is 0 Å². The molecule has 1 aliphatic carbocycles. The average molecular weight is 295 g/mol. The van der Waals surface area contributed by atoms with Gasteiger partial charge in [0, 0.05) is 18.2 Å². The van der Waals surface area contributed by atoms with Crippen molar-refractivity contribution in [3.8, 4) is 0 Å². The van der Waals surface area contributed by atoms with Gasteiger partial charge in [-0.25, -0.2) is 4.98 Å². The lowest BCUT2D eigenvalue weighted by Gasteiger charge is -2.20. The van der Waals surface area contributed by atoms with Gasteiger partial charge in [0.05, 0.1) is 12.3 Å². The van der Waals surface area contributed by atoms with E-state index in [2.05, 4.69) is 9.97 Å². The molecule has 21 heavy (non-hydrogen) atoms. The molecule has 0 bridgehead atoms. The van der Waals surface area contributed by atoms with E-state index >= 15 is 0 Å². The van der Waals surface area contributed by atoms with E-state index in [0.29, 0.717) is 23.3 Å². The van der Waals surface area contributed by atoms with Crippen LogP contribution in [0.4, 0.5) is 5.95 Å². The normalized spacial score (nSPS) is 31.3. The number of nitrogens with zero attached hydrogens (tertiary/aromatic N) is 1. The first-order valence-electron chi connectivity index (χ1n) is 6.63. The maximum absolute atomic E-state index is 11.9. The van der Waals surface area contributed by atoms with Crippen molar-refractivity contribution in [3.63, 3.8) is 0 Å². The number of hydrogen-bond acceptors (Lipinski definition) is 7. The number of nitrogen functional groups attached to an aromatic ring is 1. The highest BCUT2D eigenvalue weighted by Gasteiger charge is 2.46. The van der Waals surface area contributed by atoms with Gasteiger partial charge in [0.1, 0.15) is 24.4 Å². The zero-order valence-corrected chi connectivity index (χ0v) is 11.4. The summed E-state index contributed by atoms with van der Waals surface area (Å²) < 4.78 is 10.9. The Bertz CT molecular complexity index is 641. The molecule has 2 aliphatic rings. The number of aliphatic hydroxyl groups is 2. The van der Waals surface area contributed by atoms with Crippen LogP contribution in [-0.2, 0) is 15.9 Å². The number of hydrogen-bond donors (Lipinski definition) is 4. The summed E-state index contributed by atoms with van der Waals surface area (Å²) in [6.45, 7) is -0.317. The van der Waals surface area contributed by atoms with E-state index in [9.17, 15) is 15.0 Å². The van der Waals surface area contributed by atoms with Crippen LogP contribution in [-0.4, -0.2) is 58.3 Å². The zero-order valence-electron chi connectivity index (χ0n) is 11.4. The topological polar surface area (TPSA) is 131 Å². The van der Waals surface area contributed by atoms with E-state index in [0.717, 1.165) is 0 Å². The van der Waals surface area contributed by atoms with Gasteiger partial charge in [0.25, 0.3) is 5.56 Å². The highest BCUT2D eigenvalue weighted by atomic mass is 16.6. The van der Waals surface area contributed by atoms with Gasteiger partial charge in [-0.15, -0.1) is 0 Å². The summed E-state index contributed by atoms with van der Waals surface area (Å²) in [7, 11) is 1.46. The number of ether oxygens (including phenoxy) is 2. The lowest BCUT2D eigenvalue weighted by molar-refractivity contribution is -0.0149. The first-order chi connectivity index (χ1) is 10.1. The molecule has 0 saturated carbocycles. The highest BCUT2D eigenvalue weighted by Crippen LogP contribution is 2.36. The molecule has 8 nitrogen and oxygen atoms in total. The number of aromatic nitrogens is 2. The fraction of sp³-hybridized carbons (Fsp3) is 0.538. The van der Waals surface area contributed by atoms with E-state index in [-0.39, 0.29) is 18.1 Å². The summed E-state index contributed by atoms with van der Waals surface area (Å²) in [6.07, 6.45) is -0.684. The minimum absolute atomic E-state index is 0.0257. The van der Waals surface area contributed by atoms with Gasteiger partial charge in [-0.1, -0.05) is 6.08 Å². The van der Waals surface area contributed by atoms with Crippen LogP contribution >= 0.6 is 0 Å². The number of aromatic amines is 1. The summed E-state index contributed by atoms with van der Waals surface area (Å²) in [5.41, 5.74) is 6.94. The number of fused-ring (bicyclic) bond motifs is 1. The number of allylic oxidation sites excluding steroid dienone is 1. The molecule has 0 spiro atoms. The maximum atomic E-state index is 11.9. The third-order valence-electron chi connectivity index (χ3n) is 3.93. The Balaban J connectivity index is 1.99. The molecule has 0 unspecified atom stereocenters. The molecule has 5 N–H and O–H groups in total. The summed E-state index contributed by atoms with van der Waals surface area (Å²) in [5, 5.41) is 19.3. The molecule has 8 heteroatoms. The molecule has 2 heterocycles. The number of nitrogens with two attached hydrogens (primary N) is 1. The van der Waals surface area contributed by atoms with Crippen molar-refractivity contribution in [2.45, 2.75) is 30.8 Å². The Kier molecular flexibility index (Phi) is 3.54. The van der Waals surface area contributed by atoms with Crippen LogP contribution in [0.3, 0.4) is 0 Å². The molecular weight excluding hydrogens is 278 g/mol. The lowest BCUT2D eigenvalue weighted by atomic mass is 10.00. The van der Waals surface area contributed by atoms with E-state index in [4.69, 9.17) is 15.2 Å². The second-order valence-corrected chi connectivity index (χ2v) is 5.11. The van der Waals surface area contributed by atoms with E-state index < -0.39 is 24.4 Å². The quantitative estimate of drug-likeness (QED) is 0.529. The molecular formula is C13H17N3O5. The number of methoxy groups -OCH3 is 1. The van der Waals surface area contributed by atoms with Gasteiger partial charge in [-0.2, -0.15) is 0 Å². The Morgan fingerprint density at radius 1 is 1.62 bits per heavy atom. The second-order valence-electron chi connectivity index (χ2n) is 5.11. The molecule has 114 valence electrons. The molecule has 1 aliphatic heterocycles. The molecule has 1 fully saturated rings. The lowest BCUT2D eigenvalue weighted by Crippen LogP contribution is -2.36. The second kappa shape index (κ2) is 5.23. The van der Waals surface area contributed by atoms with E-state index in [1.165, 1.54) is 7.11 Å². The number of aliphatic hydroxyl groups excluding tert-OH is 2. The van der Waals surface area contributed by atoms with Crippen LogP contribution in [0.1, 0.15) is 11.3 Å². The fourth-order valence-electron chi connectivity index (χ4n) is 2.90. The average Bonchev–Trinajstić information content (AvgIpc) is 2.99. The Hall–Kier alpha value is -1.74. The van der Waals surface area contributed by atoms with Crippen molar-refractivity contribution >= 4 is 11.5 Å². The number of rotatable bonds is 3.